The van der Waals surface area contributed by atoms with Gasteiger partial charge in [0.25, 0.3) is 5.91 Å². The van der Waals surface area contributed by atoms with Crippen molar-refractivity contribution in [2.75, 3.05) is 26.4 Å². The lowest BCUT2D eigenvalue weighted by atomic mass is 10.2. The fourth-order valence-corrected chi connectivity index (χ4v) is 2.71. The van der Waals surface area contributed by atoms with Gasteiger partial charge in [0.15, 0.2) is 0 Å². The number of nitrogens with zero attached hydrogens (tertiary/aromatic N) is 2. The van der Waals surface area contributed by atoms with E-state index >= 15 is 0 Å². The Kier molecular flexibility index (Phi) is 5.98. The second-order valence-corrected chi connectivity index (χ2v) is 5.92. The van der Waals surface area contributed by atoms with Crippen molar-refractivity contribution < 1.29 is 19.4 Å². The van der Waals surface area contributed by atoms with E-state index in [4.69, 9.17) is 9.47 Å². The molecule has 0 aliphatic carbocycles. The Morgan fingerprint density at radius 2 is 2.12 bits per heavy atom. The van der Waals surface area contributed by atoms with Gasteiger partial charge in [0, 0.05) is 31.8 Å². The summed E-state index contributed by atoms with van der Waals surface area (Å²) < 4.78 is 11.0. The average molecular weight is 342 g/mol. The van der Waals surface area contributed by atoms with Gasteiger partial charge in [0.2, 0.25) is 5.88 Å². The smallest absolute Gasteiger partial charge is 0.255 e. The molecule has 25 heavy (non-hydrogen) atoms. The molecule has 2 heterocycles. The van der Waals surface area contributed by atoms with E-state index < -0.39 is 0 Å². The van der Waals surface area contributed by atoms with Crippen molar-refractivity contribution in [3.05, 3.63) is 59.8 Å². The third-order valence-electron chi connectivity index (χ3n) is 4.03. The van der Waals surface area contributed by atoms with Crippen LogP contribution >= 0.6 is 0 Å². The third-order valence-corrected chi connectivity index (χ3v) is 4.03. The summed E-state index contributed by atoms with van der Waals surface area (Å²) in [5.74, 6) is 0.324. The molecule has 0 spiro atoms. The molecule has 1 unspecified atom stereocenters. The predicted molar refractivity (Wildman–Crippen MR) is 92.4 cm³/mol. The van der Waals surface area contributed by atoms with Crippen LogP contribution in [0.15, 0.2) is 48.7 Å². The normalized spacial score (nSPS) is 16.6. The zero-order valence-corrected chi connectivity index (χ0v) is 14.0. The number of ether oxygens (including phenoxy) is 2. The second-order valence-electron chi connectivity index (χ2n) is 5.92. The van der Waals surface area contributed by atoms with E-state index in [0.29, 0.717) is 31.2 Å². The molecule has 1 fully saturated rings. The molecule has 0 bridgehead atoms. The molecule has 0 radical (unpaired) electrons. The number of aromatic nitrogens is 1. The van der Waals surface area contributed by atoms with Gasteiger partial charge < -0.3 is 19.5 Å². The quantitative estimate of drug-likeness (QED) is 0.832. The summed E-state index contributed by atoms with van der Waals surface area (Å²) in [7, 11) is 0. The molecule has 0 saturated carbocycles. The largest absolute Gasteiger partial charge is 0.472 e. The Labute approximate surface area is 147 Å². The summed E-state index contributed by atoms with van der Waals surface area (Å²) in [6.07, 6.45) is 2.39. The van der Waals surface area contributed by atoms with Crippen molar-refractivity contribution in [2.24, 2.45) is 0 Å². The first-order valence-electron chi connectivity index (χ1n) is 8.41. The van der Waals surface area contributed by atoms with Crippen LogP contribution in [-0.2, 0) is 11.3 Å². The monoisotopic (exact) mass is 342 g/mol. The van der Waals surface area contributed by atoms with Crippen LogP contribution in [0.4, 0.5) is 0 Å². The molecule has 1 aromatic heterocycles. The highest BCUT2D eigenvalue weighted by Gasteiger charge is 2.19. The SMILES string of the molecule is O=C(c1ccc(OC2CCOC2)nc1)N(CCO)Cc1ccccc1. The van der Waals surface area contributed by atoms with Crippen LogP contribution in [0.25, 0.3) is 0 Å². The predicted octanol–water partition coefficient (Wildman–Crippen LogP) is 1.88. The molecular formula is C19H22N2O4. The Morgan fingerprint density at radius 1 is 1.28 bits per heavy atom. The standard InChI is InChI=1S/C19H22N2O4/c22-10-9-21(13-15-4-2-1-3-5-15)19(23)16-6-7-18(20-12-16)25-17-8-11-24-14-17/h1-7,12,17,22H,8-11,13-14H2. The van der Waals surface area contributed by atoms with Crippen molar-refractivity contribution in [1.29, 1.82) is 0 Å². The van der Waals surface area contributed by atoms with E-state index in [1.54, 1.807) is 17.0 Å². The Balaban J connectivity index is 1.66. The highest BCUT2D eigenvalue weighted by atomic mass is 16.5. The zero-order valence-electron chi connectivity index (χ0n) is 14.0. The topological polar surface area (TPSA) is 71.9 Å². The van der Waals surface area contributed by atoms with Gasteiger partial charge in [-0.2, -0.15) is 0 Å². The van der Waals surface area contributed by atoms with Gasteiger partial charge in [-0.3, -0.25) is 4.79 Å². The Bertz CT molecular complexity index is 670. The van der Waals surface area contributed by atoms with Gasteiger partial charge in [-0.1, -0.05) is 30.3 Å². The lowest BCUT2D eigenvalue weighted by Crippen LogP contribution is -2.33. The molecule has 1 amide bonds. The van der Waals surface area contributed by atoms with Crippen LogP contribution in [0.2, 0.25) is 0 Å². The van der Waals surface area contributed by atoms with Gasteiger partial charge in [0.05, 0.1) is 25.4 Å². The fourth-order valence-electron chi connectivity index (χ4n) is 2.71. The lowest BCUT2D eigenvalue weighted by molar-refractivity contribution is 0.0707. The first-order chi connectivity index (χ1) is 12.3. The number of hydrogen-bond acceptors (Lipinski definition) is 5. The summed E-state index contributed by atoms with van der Waals surface area (Å²) in [6.45, 7) is 1.90. The maximum Gasteiger partial charge on any atom is 0.255 e. The van der Waals surface area contributed by atoms with E-state index in [1.807, 2.05) is 30.3 Å². The number of hydrogen-bond donors (Lipinski definition) is 1. The van der Waals surface area contributed by atoms with Crippen LogP contribution in [-0.4, -0.2) is 53.4 Å². The number of pyridine rings is 1. The Morgan fingerprint density at radius 3 is 2.76 bits per heavy atom. The minimum Gasteiger partial charge on any atom is -0.472 e. The molecule has 1 aliphatic heterocycles. The minimum absolute atomic E-state index is 0.0259. The number of rotatable bonds is 7. The van der Waals surface area contributed by atoms with Crippen molar-refractivity contribution in [3.8, 4) is 5.88 Å². The number of carbonyl (C=O) groups excluding carboxylic acids is 1. The summed E-state index contributed by atoms with van der Waals surface area (Å²) in [5, 5.41) is 9.27. The number of aliphatic hydroxyl groups is 1. The van der Waals surface area contributed by atoms with Gasteiger partial charge in [-0.25, -0.2) is 4.98 Å². The molecule has 1 N–H and O–H groups in total. The van der Waals surface area contributed by atoms with E-state index in [9.17, 15) is 9.90 Å². The van der Waals surface area contributed by atoms with Gasteiger partial charge in [-0.05, 0) is 11.6 Å². The van der Waals surface area contributed by atoms with Crippen LogP contribution in [0.3, 0.4) is 0 Å². The molecule has 3 rings (SSSR count). The average Bonchev–Trinajstić information content (AvgIpc) is 3.15. The lowest BCUT2D eigenvalue weighted by Gasteiger charge is -2.22. The van der Waals surface area contributed by atoms with Gasteiger partial charge in [0.1, 0.15) is 6.10 Å². The molecule has 132 valence electrons. The van der Waals surface area contributed by atoms with Crippen molar-refractivity contribution in [3.63, 3.8) is 0 Å². The summed E-state index contributed by atoms with van der Waals surface area (Å²) in [6, 6.07) is 13.1. The maximum absolute atomic E-state index is 12.7. The summed E-state index contributed by atoms with van der Waals surface area (Å²) >= 11 is 0. The maximum atomic E-state index is 12.7. The highest BCUT2D eigenvalue weighted by Crippen LogP contribution is 2.16. The van der Waals surface area contributed by atoms with E-state index in [1.165, 1.54) is 6.20 Å². The molecule has 1 atom stereocenters. The highest BCUT2D eigenvalue weighted by molar-refractivity contribution is 5.94. The fraction of sp³-hybridized carbons (Fsp3) is 0.368. The molecule has 1 aromatic carbocycles. The van der Waals surface area contributed by atoms with Crippen molar-refractivity contribution in [1.82, 2.24) is 9.88 Å². The summed E-state index contributed by atoms with van der Waals surface area (Å²) in [5.41, 5.74) is 1.48. The molecule has 6 heteroatoms. The van der Waals surface area contributed by atoms with Crippen molar-refractivity contribution >= 4 is 5.91 Å². The molecule has 1 saturated heterocycles. The number of carbonyl (C=O) groups is 1. The number of benzene rings is 1. The van der Waals surface area contributed by atoms with Crippen molar-refractivity contribution in [2.45, 2.75) is 19.1 Å². The number of aliphatic hydroxyl groups excluding tert-OH is 1. The van der Waals surface area contributed by atoms with Gasteiger partial charge >= 0.3 is 0 Å². The minimum atomic E-state index is -0.166. The second kappa shape index (κ2) is 8.60. The molecular weight excluding hydrogens is 320 g/mol. The Hall–Kier alpha value is -2.44. The van der Waals surface area contributed by atoms with E-state index in [-0.39, 0.29) is 25.2 Å². The molecule has 6 nitrogen and oxygen atoms in total. The molecule has 2 aromatic rings. The first-order valence-corrected chi connectivity index (χ1v) is 8.41. The van der Waals surface area contributed by atoms with Crippen LogP contribution < -0.4 is 4.74 Å². The summed E-state index contributed by atoms with van der Waals surface area (Å²) in [4.78, 5) is 18.5. The van der Waals surface area contributed by atoms with Crippen LogP contribution in [0.1, 0.15) is 22.3 Å². The van der Waals surface area contributed by atoms with E-state index in [2.05, 4.69) is 4.98 Å². The van der Waals surface area contributed by atoms with Crippen LogP contribution in [0, 0.1) is 0 Å². The van der Waals surface area contributed by atoms with Gasteiger partial charge in [-0.15, -0.1) is 0 Å². The van der Waals surface area contributed by atoms with E-state index in [0.717, 1.165) is 12.0 Å². The zero-order chi connectivity index (χ0) is 17.5. The molecule has 1 aliphatic rings. The van der Waals surface area contributed by atoms with Crippen LogP contribution in [0.5, 0.6) is 5.88 Å². The first kappa shape index (κ1) is 17.4. The number of amides is 1. The third kappa shape index (κ3) is 4.78.